The minimum Gasteiger partial charge on any atom is -0.329 e. The number of hydrogen-bond donors (Lipinski definition) is 2. The van der Waals surface area contributed by atoms with Gasteiger partial charge in [-0.15, -0.1) is 0 Å². The summed E-state index contributed by atoms with van der Waals surface area (Å²) in [7, 11) is 0. The van der Waals surface area contributed by atoms with E-state index in [9.17, 15) is 9.59 Å². The molecule has 116 valence electrons. The number of benzene rings is 1. The summed E-state index contributed by atoms with van der Waals surface area (Å²) in [6, 6.07) is 7.39. The number of rotatable bonds is 5. The van der Waals surface area contributed by atoms with E-state index in [0.717, 1.165) is 11.1 Å². The molecule has 6 nitrogen and oxygen atoms in total. The first kappa shape index (κ1) is 17.4. The van der Waals surface area contributed by atoms with Crippen LogP contribution < -0.4 is 11.1 Å². The van der Waals surface area contributed by atoms with Crippen LogP contribution in [0.15, 0.2) is 30.0 Å². The van der Waals surface area contributed by atoms with Crippen molar-refractivity contribution in [3.8, 4) is 6.07 Å². The molecule has 0 atom stereocenters. The molecule has 0 saturated heterocycles. The molecule has 1 aromatic carbocycles. The van der Waals surface area contributed by atoms with Crippen molar-refractivity contribution in [2.24, 2.45) is 5.73 Å². The van der Waals surface area contributed by atoms with Crippen molar-refractivity contribution in [2.45, 2.75) is 20.8 Å². The molecular formula is C16H20N4O2. The van der Waals surface area contributed by atoms with Crippen LogP contribution in [-0.2, 0) is 9.59 Å². The van der Waals surface area contributed by atoms with Gasteiger partial charge in [-0.1, -0.05) is 17.7 Å². The average molecular weight is 300 g/mol. The van der Waals surface area contributed by atoms with Gasteiger partial charge in [-0.2, -0.15) is 5.26 Å². The standard InChI is InChI=1S/C16H20N4O2/c1-11-4-5-15(12(2)8-11)19-16(22)14(9-18)10-20(7-6-17)13(3)21/h4-5,8,10H,6-7,17H2,1-3H3,(H,19,22)/b14-10-. The SMILES string of the molecule is CC(=O)N(/C=C(/C#N)C(=O)Nc1ccc(C)cc1C)CCN. The van der Waals surface area contributed by atoms with E-state index in [2.05, 4.69) is 5.32 Å². The van der Waals surface area contributed by atoms with E-state index >= 15 is 0 Å². The fourth-order valence-corrected chi connectivity index (χ4v) is 1.89. The van der Waals surface area contributed by atoms with E-state index in [-0.39, 0.29) is 24.6 Å². The van der Waals surface area contributed by atoms with Crippen molar-refractivity contribution >= 4 is 17.5 Å². The first-order valence-electron chi connectivity index (χ1n) is 6.86. The number of nitrogens with zero attached hydrogens (tertiary/aromatic N) is 2. The highest BCUT2D eigenvalue weighted by molar-refractivity contribution is 6.07. The molecule has 0 bridgehead atoms. The third-order valence-corrected chi connectivity index (χ3v) is 3.05. The van der Waals surface area contributed by atoms with Crippen molar-refractivity contribution in [3.63, 3.8) is 0 Å². The topological polar surface area (TPSA) is 99.2 Å². The molecule has 0 aliphatic rings. The van der Waals surface area contributed by atoms with Gasteiger partial charge < -0.3 is 16.0 Å². The van der Waals surface area contributed by atoms with Gasteiger partial charge in [-0.05, 0) is 25.5 Å². The zero-order chi connectivity index (χ0) is 16.7. The molecule has 0 spiro atoms. The van der Waals surface area contributed by atoms with E-state index in [1.54, 1.807) is 6.07 Å². The zero-order valence-corrected chi connectivity index (χ0v) is 13.0. The lowest BCUT2D eigenvalue weighted by Crippen LogP contribution is -2.30. The Morgan fingerprint density at radius 1 is 1.41 bits per heavy atom. The Morgan fingerprint density at radius 3 is 2.59 bits per heavy atom. The van der Waals surface area contributed by atoms with Gasteiger partial charge in [0.15, 0.2) is 0 Å². The van der Waals surface area contributed by atoms with Crippen LogP contribution in [0, 0.1) is 25.2 Å². The minimum atomic E-state index is -0.558. The molecule has 0 aliphatic carbocycles. The summed E-state index contributed by atoms with van der Waals surface area (Å²) in [5.74, 6) is -0.838. The predicted molar refractivity (Wildman–Crippen MR) is 84.7 cm³/mol. The van der Waals surface area contributed by atoms with Crippen LogP contribution in [0.1, 0.15) is 18.1 Å². The molecule has 0 fully saturated rings. The summed E-state index contributed by atoms with van der Waals surface area (Å²) in [6.45, 7) is 5.67. The van der Waals surface area contributed by atoms with Crippen LogP contribution in [0.25, 0.3) is 0 Å². The van der Waals surface area contributed by atoms with E-state index in [0.29, 0.717) is 5.69 Å². The zero-order valence-electron chi connectivity index (χ0n) is 13.0. The lowest BCUT2D eigenvalue weighted by atomic mass is 10.1. The Balaban J connectivity index is 2.97. The molecule has 22 heavy (non-hydrogen) atoms. The Kier molecular flexibility index (Phi) is 6.29. The molecule has 0 aliphatic heterocycles. The van der Waals surface area contributed by atoms with Crippen LogP contribution in [-0.4, -0.2) is 29.8 Å². The van der Waals surface area contributed by atoms with Crippen molar-refractivity contribution in [3.05, 3.63) is 41.1 Å². The Morgan fingerprint density at radius 2 is 2.09 bits per heavy atom. The molecule has 1 aromatic rings. The van der Waals surface area contributed by atoms with Crippen LogP contribution in [0.5, 0.6) is 0 Å². The normalized spacial score (nSPS) is 10.8. The number of anilines is 1. The van der Waals surface area contributed by atoms with E-state index in [1.807, 2.05) is 32.0 Å². The maximum atomic E-state index is 12.2. The van der Waals surface area contributed by atoms with Crippen LogP contribution in [0.4, 0.5) is 5.69 Å². The number of nitriles is 1. The fraction of sp³-hybridized carbons (Fsp3) is 0.312. The van der Waals surface area contributed by atoms with Gasteiger partial charge in [0.05, 0.1) is 0 Å². The highest BCUT2D eigenvalue weighted by atomic mass is 16.2. The van der Waals surface area contributed by atoms with Crippen LogP contribution >= 0.6 is 0 Å². The Hall–Kier alpha value is -2.65. The lowest BCUT2D eigenvalue weighted by Gasteiger charge is -2.16. The van der Waals surface area contributed by atoms with Gasteiger partial charge in [0, 0.05) is 31.9 Å². The minimum absolute atomic E-state index is 0.149. The van der Waals surface area contributed by atoms with Gasteiger partial charge in [-0.25, -0.2) is 0 Å². The third kappa shape index (κ3) is 4.72. The second kappa shape index (κ2) is 7.96. The van der Waals surface area contributed by atoms with Crippen molar-refractivity contribution < 1.29 is 9.59 Å². The summed E-state index contributed by atoms with van der Waals surface area (Å²) in [4.78, 5) is 24.9. The number of carbonyl (C=O) groups is 2. The molecule has 0 aromatic heterocycles. The number of amides is 2. The largest absolute Gasteiger partial charge is 0.329 e. The van der Waals surface area contributed by atoms with Crippen molar-refractivity contribution in [1.29, 1.82) is 5.26 Å². The molecule has 0 heterocycles. The first-order valence-corrected chi connectivity index (χ1v) is 6.86. The van der Waals surface area contributed by atoms with Gasteiger partial charge >= 0.3 is 0 Å². The molecule has 0 unspecified atom stereocenters. The van der Waals surface area contributed by atoms with E-state index < -0.39 is 5.91 Å². The summed E-state index contributed by atoms with van der Waals surface area (Å²) >= 11 is 0. The molecule has 6 heteroatoms. The summed E-state index contributed by atoms with van der Waals surface area (Å²) in [5.41, 5.74) is 7.87. The Labute approximate surface area is 130 Å². The smallest absolute Gasteiger partial charge is 0.267 e. The van der Waals surface area contributed by atoms with E-state index in [1.165, 1.54) is 18.0 Å². The maximum Gasteiger partial charge on any atom is 0.267 e. The van der Waals surface area contributed by atoms with Gasteiger partial charge in [0.25, 0.3) is 5.91 Å². The molecular weight excluding hydrogens is 280 g/mol. The quantitative estimate of drug-likeness (QED) is 0.635. The van der Waals surface area contributed by atoms with Crippen molar-refractivity contribution in [2.75, 3.05) is 18.4 Å². The predicted octanol–water partition coefficient (Wildman–Crippen LogP) is 1.46. The lowest BCUT2D eigenvalue weighted by molar-refractivity contribution is -0.126. The van der Waals surface area contributed by atoms with Gasteiger partial charge in [0.1, 0.15) is 11.6 Å². The van der Waals surface area contributed by atoms with Crippen LogP contribution in [0.2, 0.25) is 0 Å². The Bertz CT molecular complexity index is 644. The molecule has 1 rings (SSSR count). The second-order valence-corrected chi connectivity index (χ2v) is 4.93. The van der Waals surface area contributed by atoms with Crippen molar-refractivity contribution in [1.82, 2.24) is 4.90 Å². The first-order chi connectivity index (χ1) is 10.4. The molecule has 0 saturated carbocycles. The fourth-order valence-electron chi connectivity index (χ4n) is 1.89. The third-order valence-electron chi connectivity index (χ3n) is 3.05. The average Bonchev–Trinajstić information content (AvgIpc) is 2.46. The highest BCUT2D eigenvalue weighted by Crippen LogP contribution is 2.16. The highest BCUT2D eigenvalue weighted by Gasteiger charge is 2.14. The monoisotopic (exact) mass is 300 g/mol. The number of carbonyl (C=O) groups excluding carboxylic acids is 2. The summed E-state index contributed by atoms with van der Waals surface area (Å²) in [5, 5.41) is 11.8. The second-order valence-electron chi connectivity index (χ2n) is 4.93. The summed E-state index contributed by atoms with van der Waals surface area (Å²) in [6.07, 6.45) is 1.23. The molecule has 0 radical (unpaired) electrons. The maximum absolute atomic E-state index is 12.2. The molecule has 3 N–H and O–H groups in total. The van der Waals surface area contributed by atoms with Gasteiger partial charge in [-0.3, -0.25) is 9.59 Å². The molecule has 2 amide bonds. The number of aryl methyl sites for hydroxylation is 2. The van der Waals surface area contributed by atoms with E-state index in [4.69, 9.17) is 11.0 Å². The number of hydrogen-bond acceptors (Lipinski definition) is 4. The van der Waals surface area contributed by atoms with Gasteiger partial charge in [0.2, 0.25) is 5.91 Å². The summed E-state index contributed by atoms with van der Waals surface area (Å²) < 4.78 is 0. The number of nitrogens with one attached hydrogen (secondary N) is 1. The van der Waals surface area contributed by atoms with Crippen LogP contribution in [0.3, 0.4) is 0 Å². The number of nitrogens with two attached hydrogens (primary N) is 1.